The number of hydrogen-bond donors (Lipinski definition) is 2. The van der Waals surface area contributed by atoms with Crippen LogP contribution < -0.4 is 5.56 Å². The molecule has 1 heterocycles. The van der Waals surface area contributed by atoms with E-state index in [1.807, 2.05) is 72.8 Å². The van der Waals surface area contributed by atoms with Gasteiger partial charge in [0.05, 0.1) is 11.2 Å². The summed E-state index contributed by atoms with van der Waals surface area (Å²) in [4.78, 5) is 18.3. The number of aromatic hydroxyl groups is 2. The highest BCUT2D eigenvalue weighted by Crippen LogP contribution is 2.36. The number of benzene rings is 4. The molecule has 0 saturated heterocycles. The zero-order valence-electron chi connectivity index (χ0n) is 17.4. The minimum absolute atomic E-state index is 0.00622. The lowest BCUT2D eigenvalue weighted by molar-refractivity contribution is 0.476. The number of pyridine rings is 1. The van der Waals surface area contributed by atoms with Crippen molar-refractivity contribution in [3.8, 4) is 17.2 Å². The first kappa shape index (κ1) is 19.6. The molecule has 0 aliphatic rings. The van der Waals surface area contributed by atoms with E-state index in [0.717, 1.165) is 10.8 Å². The molecule has 5 aromatic rings. The van der Waals surface area contributed by atoms with Gasteiger partial charge in [0.25, 0.3) is 5.56 Å². The molecule has 5 nitrogen and oxygen atoms in total. The zero-order valence-corrected chi connectivity index (χ0v) is 17.4. The second-order valence-corrected chi connectivity index (χ2v) is 7.57. The molecule has 4 aromatic carbocycles. The van der Waals surface area contributed by atoms with Crippen molar-refractivity contribution in [3.05, 3.63) is 107 Å². The minimum Gasteiger partial charge on any atom is -0.506 e. The summed E-state index contributed by atoms with van der Waals surface area (Å²) in [6.45, 7) is 1.67. The fourth-order valence-corrected chi connectivity index (χ4v) is 4.07. The van der Waals surface area contributed by atoms with Crippen molar-refractivity contribution in [2.45, 2.75) is 6.92 Å². The molecule has 0 radical (unpaired) electrons. The molecule has 5 heteroatoms. The molecule has 5 rings (SSSR count). The van der Waals surface area contributed by atoms with E-state index >= 15 is 0 Å². The van der Waals surface area contributed by atoms with E-state index in [1.165, 1.54) is 0 Å². The Labute approximate surface area is 184 Å². The smallest absolute Gasteiger partial charge is 0.268 e. The van der Waals surface area contributed by atoms with Gasteiger partial charge in [-0.15, -0.1) is 0 Å². The van der Waals surface area contributed by atoms with Crippen LogP contribution in [0.25, 0.3) is 27.4 Å². The maximum atomic E-state index is 13.6. The first-order chi connectivity index (χ1) is 15.6. The van der Waals surface area contributed by atoms with Crippen molar-refractivity contribution in [1.82, 2.24) is 4.57 Å². The van der Waals surface area contributed by atoms with Crippen LogP contribution in [-0.2, 0) is 0 Å². The molecule has 0 bridgehead atoms. The van der Waals surface area contributed by atoms with Crippen molar-refractivity contribution in [3.63, 3.8) is 0 Å². The summed E-state index contributed by atoms with van der Waals surface area (Å²) in [5, 5.41) is 23.8. The van der Waals surface area contributed by atoms with E-state index in [9.17, 15) is 15.0 Å². The van der Waals surface area contributed by atoms with E-state index in [0.29, 0.717) is 28.0 Å². The maximum Gasteiger partial charge on any atom is 0.268 e. The van der Waals surface area contributed by atoms with Crippen molar-refractivity contribution in [2.75, 3.05) is 0 Å². The standard InChI is InChI=1S/C27H20N2O3/c1-17(28-25-20-12-6-5-9-18(20)15-16-23(25)30)24-26(31)21-13-7-8-14-22(21)29(27(24)32)19-10-3-2-4-11-19/h2-16,30-31H,1H3. The van der Waals surface area contributed by atoms with Crippen molar-refractivity contribution < 1.29 is 10.2 Å². The molecule has 0 atom stereocenters. The van der Waals surface area contributed by atoms with Gasteiger partial charge < -0.3 is 10.2 Å². The number of nitrogens with zero attached hydrogens (tertiary/aromatic N) is 2. The van der Waals surface area contributed by atoms with Crippen LogP contribution in [-0.4, -0.2) is 20.5 Å². The normalized spacial score (nSPS) is 11.8. The quantitative estimate of drug-likeness (QED) is 0.368. The van der Waals surface area contributed by atoms with Gasteiger partial charge in [-0.2, -0.15) is 0 Å². The molecular weight excluding hydrogens is 400 g/mol. The van der Waals surface area contributed by atoms with E-state index in [4.69, 9.17) is 0 Å². The number of para-hydroxylation sites is 2. The maximum absolute atomic E-state index is 13.6. The van der Waals surface area contributed by atoms with Crippen molar-refractivity contribution in [2.24, 2.45) is 4.99 Å². The van der Waals surface area contributed by atoms with Crippen LogP contribution in [0.3, 0.4) is 0 Å². The number of fused-ring (bicyclic) bond motifs is 2. The number of aromatic nitrogens is 1. The highest BCUT2D eigenvalue weighted by atomic mass is 16.3. The van der Waals surface area contributed by atoms with Gasteiger partial charge in [-0.05, 0) is 42.6 Å². The van der Waals surface area contributed by atoms with Crippen LogP contribution in [0.4, 0.5) is 5.69 Å². The van der Waals surface area contributed by atoms with Crippen LogP contribution in [0.5, 0.6) is 11.5 Å². The van der Waals surface area contributed by atoms with Crippen LogP contribution in [0, 0.1) is 0 Å². The van der Waals surface area contributed by atoms with Crippen LogP contribution in [0.2, 0.25) is 0 Å². The minimum atomic E-state index is -0.381. The molecule has 156 valence electrons. The highest BCUT2D eigenvalue weighted by molar-refractivity contribution is 6.08. The largest absolute Gasteiger partial charge is 0.506 e. The lowest BCUT2D eigenvalue weighted by Crippen LogP contribution is -2.25. The Morgan fingerprint density at radius 1 is 0.781 bits per heavy atom. The molecular formula is C27H20N2O3. The second kappa shape index (κ2) is 7.71. The second-order valence-electron chi connectivity index (χ2n) is 7.57. The van der Waals surface area contributed by atoms with Crippen LogP contribution in [0.15, 0.2) is 101 Å². The fourth-order valence-electron chi connectivity index (χ4n) is 4.07. The number of phenols is 1. The van der Waals surface area contributed by atoms with Gasteiger partial charge in [-0.1, -0.05) is 60.7 Å². The van der Waals surface area contributed by atoms with Crippen LogP contribution in [0.1, 0.15) is 12.5 Å². The molecule has 32 heavy (non-hydrogen) atoms. The molecule has 0 fully saturated rings. The average molecular weight is 420 g/mol. The predicted octanol–water partition coefficient (Wildman–Crippen LogP) is 5.70. The Kier molecular flexibility index (Phi) is 4.71. The number of rotatable bonds is 3. The van der Waals surface area contributed by atoms with E-state index in [-0.39, 0.29) is 22.6 Å². The van der Waals surface area contributed by atoms with Gasteiger partial charge in [-0.25, -0.2) is 4.99 Å². The number of phenolic OH excluding ortho intramolecular Hbond substituents is 1. The number of aliphatic imine (C=N–C) groups is 1. The molecule has 0 spiro atoms. The summed E-state index contributed by atoms with van der Waals surface area (Å²) in [5.41, 5.74) is 1.68. The average Bonchev–Trinajstić information content (AvgIpc) is 2.82. The Balaban J connectivity index is 1.83. The van der Waals surface area contributed by atoms with E-state index in [1.54, 1.807) is 29.7 Å². The summed E-state index contributed by atoms with van der Waals surface area (Å²) in [7, 11) is 0. The molecule has 0 amide bonds. The van der Waals surface area contributed by atoms with Gasteiger partial charge in [0.2, 0.25) is 0 Å². The summed E-state index contributed by atoms with van der Waals surface area (Å²) >= 11 is 0. The van der Waals surface area contributed by atoms with Crippen LogP contribution >= 0.6 is 0 Å². The topological polar surface area (TPSA) is 74.8 Å². The predicted molar refractivity (Wildman–Crippen MR) is 129 cm³/mol. The monoisotopic (exact) mass is 420 g/mol. The third-order valence-electron chi connectivity index (χ3n) is 5.59. The van der Waals surface area contributed by atoms with Gasteiger partial charge in [0.15, 0.2) is 0 Å². The fraction of sp³-hybridized carbons (Fsp3) is 0.0370. The van der Waals surface area contributed by atoms with Gasteiger partial charge in [-0.3, -0.25) is 9.36 Å². The Morgan fingerprint density at radius 2 is 1.44 bits per heavy atom. The lowest BCUT2D eigenvalue weighted by Gasteiger charge is -2.15. The molecule has 0 unspecified atom stereocenters. The van der Waals surface area contributed by atoms with Gasteiger partial charge in [0, 0.05) is 16.5 Å². The molecule has 0 aliphatic heterocycles. The van der Waals surface area contributed by atoms with Gasteiger partial charge >= 0.3 is 0 Å². The first-order valence-corrected chi connectivity index (χ1v) is 10.2. The Hall–Kier alpha value is -4.38. The SMILES string of the molecule is CC(=Nc1c(O)ccc2ccccc12)c1c(O)c2ccccc2n(-c2ccccc2)c1=O. The zero-order chi connectivity index (χ0) is 22.2. The third-order valence-corrected chi connectivity index (χ3v) is 5.59. The molecule has 0 saturated carbocycles. The van der Waals surface area contributed by atoms with E-state index in [2.05, 4.69) is 4.99 Å². The molecule has 1 aromatic heterocycles. The summed E-state index contributed by atoms with van der Waals surface area (Å²) < 4.78 is 1.58. The van der Waals surface area contributed by atoms with Gasteiger partial charge in [0.1, 0.15) is 22.7 Å². The summed E-state index contributed by atoms with van der Waals surface area (Å²) in [6, 6.07) is 27.5. The lowest BCUT2D eigenvalue weighted by atomic mass is 10.1. The van der Waals surface area contributed by atoms with Crippen molar-refractivity contribution in [1.29, 1.82) is 0 Å². The first-order valence-electron chi connectivity index (χ1n) is 10.2. The van der Waals surface area contributed by atoms with E-state index < -0.39 is 0 Å². The number of hydrogen-bond acceptors (Lipinski definition) is 4. The third kappa shape index (κ3) is 3.11. The molecule has 0 aliphatic carbocycles. The summed E-state index contributed by atoms with van der Waals surface area (Å²) in [6.07, 6.45) is 0. The summed E-state index contributed by atoms with van der Waals surface area (Å²) in [5.74, 6) is -0.120. The van der Waals surface area contributed by atoms with Crippen molar-refractivity contribution >= 4 is 33.1 Å². The Bertz CT molecular complexity index is 1570. The molecule has 2 N–H and O–H groups in total. The Morgan fingerprint density at radius 3 is 2.22 bits per heavy atom. The highest BCUT2D eigenvalue weighted by Gasteiger charge is 2.20.